The van der Waals surface area contributed by atoms with Gasteiger partial charge in [0.2, 0.25) is 0 Å². The first-order valence-electron chi connectivity index (χ1n) is 10.3. The zero-order valence-corrected chi connectivity index (χ0v) is 15.7. The van der Waals surface area contributed by atoms with Crippen molar-refractivity contribution < 1.29 is 20.1 Å². The van der Waals surface area contributed by atoms with E-state index in [0.717, 1.165) is 25.7 Å². The highest BCUT2D eigenvalue weighted by molar-refractivity contribution is 5.66. The molecule has 0 aromatic carbocycles. The first kappa shape index (κ1) is 19.5. The van der Waals surface area contributed by atoms with Crippen LogP contribution in [0.25, 0.3) is 0 Å². The SMILES string of the molecule is CC1/C(=C/CCC(=O)O)[C@@H]2CC[C@H](O)[C@@H](C#CC(O)C3CCCCC3)[C@H]12. The Labute approximate surface area is 156 Å². The number of aliphatic hydroxyl groups is 2. The van der Waals surface area contributed by atoms with E-state index in [1.807, 2.05) is 0 Å². The normalized spacial score (nSPS) is 37.2. The van der Waals surface area contributed by atoms with E-state index in [4.69, 9.17) is 5.11 Å². The highest BCUT2D eigenvalue weighted by atomic mass is 16.4. The van der Waals surface area contributed by atoms with Crippen molar-refractivity contribution in [3.05, 3.63) is 11.6 Å². The molecule has 2 unspecified atom stereocenters. The first-order valence-corrected chi connectivity index (χ1v) is 10.3. The summed E-state index contributed by atoms with van der Waals surface area (Å²) >= 11 is 0. The van der Waals surface area contributed by atoms with Crippen molar-refractivity contribution in [2.24, 2.45) is 29.6 Å². The molecule has 3 aliphatic rings. The number of carboxylic acids is 1. The van der Waals surface area contributed by atoms with Gasteiger partial charge in [-0.05, 0) is 55.8 Å². The summed E-state index contributed by atoms with van der Waals surface area (Å²) in [6, 6.07) is 0. The van der Waals surface area contributed by atoms with Crippen LogP contribution >= 0.6 is 0 Å². The summed E-state index contributed by atoms with van der Waals surface area (Å²) in [7, 11) is 0. The highest BCUT2D eigenvalue weighted by Gasteiger charge is 2.51. The molecule has 0 bridgehead atoms. The van der Waals surface area contributed by atoms with Gasteiger partial charge in [-0.15, -0.1) is 0 Å². The molecule has 3 aliphatic carbocycles. The van der Waals surface area contributed by atoms with E-state index in [1.165, 1.54) is 24.8 Å². The molecule has 144 valence electrons. The standard InChI is InChI=1S/C22H32O4/c1-14-16(8-5-9-21(25)26)17-10-13-20(24)18(22(14)17)11-12-19(23)15-6-3-2-4-7-15/h8,14-15,17-20,22-24H,2-7,9-10,13H2,1H3,(H,25,26)/b16-8-/t14?,17-,18+,19?,20-,22+/m0/s1. The summed E-state index contributed by atoms with van der Waals surface area (Å²) in [5, 5.41) is 29.7. The van der Waals surface area contributed by atoms with Gasteiger partial charge >= 0.3 is 5.97 Å². The second-order valence-corrected chi connectivity index (χ2v) is 8.41. The first-order chi connectivity index (χ1) is 12.5. The molecule has 0 amide bonds. The topological polar surface area (TPSA) is 77.8 Å². The van der Waals surface area contributed by atoms with Gasteiger partial charge in [-0.25, -0.2) is 0 Å². The van der Waals surface area contributed by atoms with Crippen molar-refractivity contribution in [2.45, 2.75) is 76.9 Å². The lowest BCUT2D eigenvalue weighted by Crippen LogP contribution is -2.50. The minimum Gasteiger partial charge on any atom is -0.481 e. The summed E-state index contributed by atoms with van der Waals surface area (Å²) in [5.74, 6) is 6.89. The Hall–Kier alpha value is -1.31. The maximum Gasteiger partial charge on any atom is 0.303 e. The molecule has 26 heavy (non-hydrogen) atoms. The van der Waals surface area contributed by atoms with Gasteiger partial charge < -0.3 is 15.3 Å². The Balaban J connectivity index is 1.65. The van der Waals surface area contributed by atoms with Gasteiger partial charge in [-0.2, -0.15) is 0 Å². The number of carboxylic acid groups (broad SMARTS) is 1. The number of fused-ring (bicyclic) bond motifs is 1. The summed E-state index contributed by atoms with van der Waals surface area (Å²) in [6.45, 7) is 2.16. The average molecular weight is 360 g/mol. The Morgan fingerprint density at radius 3 is 2.65 bits per heavy atom. The molecule has 3 saturated carbocycles. The van der Waals surface area contributed by atoms with Crippen molar-refractivity contribution in [3.8, 4) is 11.8 Å². The van der Waals surface area contributed by atoms with Crippen LogP contribution in [0.5, 0.6) is 0 Å². The lowest BCUT2D eigenvalue weighted by molar-refractivity contribution is -0.136. The number of hydrogen-bond donors (Lipinski definition) is 3. The summed E-state index contributed by atoms with van der Waals surface area (Å²) < 4.78 is 0. The predicted molar refractivity (Wildman–Crippen MR) is 100 cm³/mol. The molecule has 3 N–H and O–H groups in total. The summed E-state index contributed by atoms with van der Waals surface area (Å²) in [6.07, 6.45) is 9.31. The third-order valence-corrected chi connectivity index (χ3v) is 6.83. The van der Waals surface area contributed by atoms with Crippen LogP contribution in [0.3, 0.4) is 0 Å². The van der Waals surface area contributed by atoms with E-state index >= 15 is 0 Å². The molecule has 4 nitrogen and oxygen atoms in total. The number of aliphatic carboxylic acids is 1. The van der Waals surface area contributed by atoms with E-state index in [1.54, 1.807) is 0 Å². The third-order valence-electron chi connectivity index (χ3n) is 6.83. The maximum atomic E-state index is 10.7. The van der Waals surface area contributed by atoms with Crippen LogP contribution in [0.1, 0.15) is 64.7 Å². The van der Waals surface area contributed by atoms with Crippen LogP contribution in [0.4, 0.5) is 0 Å². The smallest absolute Gasteiger partial charge is 0.303 e. The van der Waals surface area contributed by atoms with E-state index in [-0.39, 0.29) is 18.3 Å². The number of allylic oxidation sites excluding steroid dienone is 2. The highest BCUT2D eigenvalue weighted by Crippen LogP contribution is 2.55. The zero-order chi connectivity index (χ0) is 18.7. The van der Waals surface area contributed by atoms with Gasteiger partial charge in [-0.3, -0.25) is 4.79 Å². The van der Waals surface area contributed by atoms with Gasteiger partial charge in [0.05, 0.1) is 12.0 Å². The van der Waals surface area contributed by atoms with Crippen LogP contribution in [0.2, 0.25) is 0 Å². The Kier molecular flexibility index (Phi) is 6.42. The van der Waals surface area contributed by atoms with Gasteiger partial charge in [0, 0.05) is 6.42 Å². The van der Waals surface area contributed by atoms with Crippen molar-refractivity contribution in [2.75, 3.05) is 0 Å². The predicted octanol–water partition coefficient (Wildman–Crippen LogP) is 3.38. The molecule has 0 saturated heterocycles. The van der Waals surface area contributed by atoms with Crippen molar-refractivity contribution in [1.82, 2.24) is 0 Å². The van der Waals surface area contributed by atoms with E-state index < -0.39 is 18.2 Å². The fraction of sp³-hybridized carbons (Fsp3) is 0.773. The molecule has 0 aliphatic heterocycles. The average Bonchev–Trinajstić information content (AvgIpc) is 2.64. The molecule has 0 aromatic heterocycles. The van der Waals surface area contributed by atoms with Crippen LogP contribution in [-0.2, 0) is 4.79 Å². The van der Waals surface area contributed by atoms with Gasteiger partial charge in [0.1, 0.15) is 6.10 Å². The number of carbonyl (C=O) groups is 1. The van der Waals surface area contributed by atoms with Crippen molar-refractivity contribution in [3.63, 3.8) is 0 Å². The molecule has 4 heteroatoms. The molecule has 0 heterocycles. The Morgan fingerprint density at radius 2 is 1.96 bits per heavy atom. The maximum absolute atomic E-state index is 10.7. The largest absolute Gasteiger partial charge is 0.481 e. The molecule has 6 atom stereocenters. The number of hydrogen-bond acceptors (Lipinski definition) is 3. The van der Waals surface area contributed by atoms with Crippen LogP contribution < -0.4 is 0 Å². The van der Waals surface area contributed by atoms with E-state index in [0.29, 0.717) is 24.2 Å². The number of rotatable bonds is 4. The minimum absolute atomic E-state index is 0.0707. The fourth-order valence-corrected chi connectivity index (χ4v) is 5.36. The van der Waals surface area contributed by atoms with Gasteiger partial charge in [-0.1, -0.05) is 49.7 Å². The number of aliphatic hydroxyl groups excluding tert-OH is 2. The molecule has 0 spiro atoms. The Bertz CT molecular complexity index is 593. The van der Waals surface area contributed by atoms with Gasteiger partial charge in [0.25, 0.3) is 0 Å². The van der Waals surface area contributed by atoms with Gasteiger partial charge in [0.15, 0.2) is 0 Å². The second-order valence-electron chi connectivity index (χ2n) is 8.41. The summed E-state index contributed by atoms with van der Waals surface area (Å²) in [4.78, 5) is 10.7. The van der Waals surface area contributed by atoms with Crippen molar-refractivity contribution in [1.29, 1.82) is 0 Å². The second kappa shape index (κ2) is 8.59. The molecular weight excluding hydrogens is 328 g/mol. The van der Waals surface area contributed by atoms with Crippen molar-refractivity contribution >= 4 is 5.97 Å². The lowest BCUT2D eigenvalue weighted by Gasteiger charge is -2.53. The molecule has 0 radical (unpaired) electrons. The monoisotopic (exact) mass is 360 g/mol. The minimum atomic E-state index is -0.759. The summed E-state index contributed by atoms with van der Waals surface area (Å²) in [5.41, 5.74) is 1.35. The lowest BCUT2D eigenvalue weighted by atomic mass is 9.51. The third kappa shape index (κ3) is 4.15. The van der Waals surface area contributed by atoms with E-state index in [9.17, 15) is 15.0 Å². The Morgan fingerprint density at radius 1 is 1.23 bits per heavy atom. The molecular formula is C22H32O4. The van der Waals surface area contributed by atoms with Crippen LogP contribution in [0, 0.1) is 41.4 Å². The zero-order valence-electron chi connectivity index (χ0n) is 15.7. The van der Waals surface area contributed by atoms with E-state index in [2.05, 4.69) is 24.8 Å². The molecule has 3 rings (SSSR count). The molecule has 3 fully saturated rings. The van der Waals surface area contributed by atoms with Crippen LogP contribution in [-0.4, -0.2) is 33.5 Å². The quantitative estimate of drug-likeness (QED) is 0.530. The molecule has 0 aromatic rings. The fourth-order valence-electron chi connectivity index (χ4n) is 5.36. The van der Waals surface area contributed by atoms with Crippen LogP contribution in [0.15, 0.2) is 11.6 Å².